The van der Waals surface area contributed by atoms with Crippen molar-refractivity contribution in [1.82, 2.24) is 10.4 Å². The molecule has 1 fully saturated rings. The van der Waals surface area contributed by atoms with Crippen LogP contribution in [0.1, 0.15) is 36.0 Å². The lowest BCUT2D eigenvalue weighted by Crippen LogP contribution is -2.32. The summed E-state index contributed by atoms with van der Waals surface area (Å²) in [6.45, 7) is 0. The summed E-state index contributed by atoms with van der Waals surface area (Å²) in [6.07, 6.45) is 1.30. The number of rotatable bonds is 5. The zero-order valence-electron chi connectivity index (χ0n) is 11.2. The second-order valence-corrected chi connectivity index (χ2v) is 4.94. The van der Waals surface area contributed by atoms with Gasteiger partial charge in [-0.3, -0.25) is 4.79 Å². The summed E-state index contributed by atoms with van der Waals surface area (Å²) in [6, 6.07) is 3.18. The number of hydrogen-bond acceptors (Lipinski definition) is 5. The molecule has 1 aromatic rings. The van der Waals surface area contributed by atoms with E-state index >= 15 is 0 Å². The van der Waals surface area contributed by atoms with Crippen LogP contribution >= 0.6 is 0 Å². The fraction of sp³-hybridized carbons (Fsp3) is 0.538. The third kappa shape index (κ3) is 3.86. The zero-order valence-corrected chi connectivity index (χ0v) is 11.2. The SMILES string of the molecule is CNNc1cc(C=O)cc(NC2CCC(F)(F)CC2)n1. The first kappa shape index (κ1) is 14.6. The first-order valence-electron chi connectivity index (χ1n) is 6.57. The van der Waals surface area contributed by atoms with E-state index < -0.39 is 5.92 Å². The zero-order chi connectivity index (χ0) is 14.6. The molecular weight excluding hydrogens is 266 g/mol. The molecule has 1 heterocycles. The molecule has 0 atom stereocenters. The highest BCUT2D eigenvalue weighted by Gasteiger charge is 2.34. The van der Waals surface area contributed by atoms with E-state index in [1.165, 1.54) is 0 Å². The maximum absolute atomic E-state index is 13.1. The Labute approximate surface area is 116 Å². The lowest BCUT2D eigenvalue weighted by Gasteiger charge is -2.29. The van der Waals surface area contributed by atoms with Crippen molar-refractivity contribution in [3.8, 4) is 0 Å². The van der Waals surface area contributed by atoms with E-state index in [4.69, 9.17) is 0 Å². The van der Waals surface area contributed by atoms with E-state index in [0.717, 1.165) is 6.29 Å². The highest BCUT2D eigenvalue weighted by Crippen LogP contribution is 2.34. The van der Waals surface area contributed by atoms with Gasteiger partial charge in [-0.25, -0.2) is 19.2 Å². The third-order valence-electron chi connectivity index (χ3n) is 3.31. The van der Waals surface area contributed by atoms with Gasteiger partial charge in [0.15, 0.2) is 0 Å². The van der Waals surface area contributed by atoms with Crippen LogP contribution < -0.4 is 16.2 Å². The Morgan fingerprint density at radius 1 is 1.30 bits per heavy atom. The Bertz CT molecular complexity index is 471. The molecule has 0 bridgehead atoms. The lowest BCUT2D eigenvalue weighted by molar-refractivity contribution is -0.0361. The van der Waals surface area contributed by atoms with Gasteiger partial charge < -0.3 is 10.7 Å². The van der Waals surface area contributed by atoms with Crippen molar-refractivity contribution < 1.29 is 13.6 Å². The fourth-order valence-corrected chi connectivity index (χ4v) is 2.28. The molecule has 1 aromatic heterocycles. The van der Waals surface area contributed by atoms with Crippen molar-refractivity contribution in [3.63, 3.8) is 0 Å². The van der Waals surface area contributed by atoms with Crippen molar-refractivity contribution >= 4 is 17.9 Å². The van der Waals surface area contributed by atoms with Crippen LogP contribution in [0.25, 0.3) is 0 Å². The molecule has 3 N–H and O–H groups in total. The molecule has 5 nitrogen and oxygen atoms in total. The molecule has 1 saturated carbocycles. The molecule has 0 amide bonds. The summed E-state index contributed by atoms with van der Waals surface area (Å²) in [5, 5.41) is 3.12. The minimum absolute atomic E-state index is 0.0357. The number of hydrogen-bond donors (Lipinski definition) is 3. The van der Waals surface area contributed by atoms with E-state index in [0.29, 0.717) is 30.0 Å². The number of halogens is 2. The number of nitrogens with zero attached hydrogens (tertiary/aromatic N) is 1. The summed E-state index contributed by atoms with van der Waals surface area (Å²) in [7, 11) is 1.69. The van der Waals surface area contributed by atoms with E-state index in [9.17, 15) is 13.6 Å². The lowest BCUT2D eigenvalue weighted by atomic mass is 9.92. The van der Waals surface area contributed by atoms with Gasteiger partial charge in [-0.2, -0.15) is 0 Å². The number of anilines is 2. The number of nitrogens with one attached hydrogen (secondary N) is 3. The number of aromatic nitrogens is 1. The maximum Gasteiger partial charge on any atom is 0.248 e. The summed E-state index contributed by atoms with van der Waals surface area (Å²) < 4.78 is 26.2. The van der Waals surface area contributed by atoms with Crippen LogP contribution in [0.5, 0.6) is 0 Å². The fourth-order valence-electron chi connectivity index (χ4n) is 2.28. The average molecular weight is 284 g/mol. The molecule has 0 aromatic carbocycles. The first-order valence-corrected chi connectivity index (χ1v) is 6.57. The quantitative estimate of drug-likeness (QED) is 0.572. The van der Waals surface area contributed by atoms with E-state index in [1.54, 1.807) is 19.2 Å². The number of carbonyl (C=O) groups is 1. The summed E-state index contributed by atoms with van der Waals surface area (Å²) in [5.74, 6) is -1.53. The van der Waals surface area contributed by atoms with E-state index in [2.05, 4.69) is 21.2 Å². The molecule has 2 rings (SSSR count). The molecule has 0 saturated heterocycles. The van der Waals surface area contributed by atoms with Gasteiger partial charge in [0.2, 0.25) is 5.92 Å². The van der Waals surface area contributed by atoms with Gasteiger partial charge in [-0.15, -0.1) is 0 Å². The van der Waals surface area contributed by atoms with Gasteiger partial charge in [0.25, 0.3) is 0 Å². The van der Waals surface area contributed by atoms with E-state index in [1.807, 2.05) is 0 Å². The highest BCUT2D eigenvalue weighted by atomic mass is 19.3. The second-order valence-electron chi connectivity index (χ2n) is 4.94. The van der Waals surface area contributed by atoms with Crippen molar-refractivity contribution in [1.29, 1.82) is 0 Å². The van der Waals surface area contributed by atoms with Crippen molar-refractivity contribution in [2.45, 2.75) is 37.6 Å². The monoisotopic (exact) mass is 284 g/mol. The van der Waals surface area contributed by atoms with Gasteiger partial charge in [-0.05, 0) is 25.0 Å². The number of aldehydes is 1. The highest BCUT2D eigenvalue weighted by molar-refractivity contribution is 5.78. The van der Waals surface area contributed by atoms with Crippen LogP contribution in [-0.4, -0.2) is 30.3 Å². The van der Waals surface area contributed by atoms with Crippen LogP contribution in [0.4, 0.5) is 20.4 Å². The van der Waals surface area contributed by atoms with Gasteiger partial charge in [0.05, 0.1) is 0 Å². The Morgan fingerprint density at radius 3 is 2.55 bits per heavy atom. The number of alkyl halides is 2. The van der Waals surface area contributed by atoms with Crippen molar-refractivity contribution in [2.75, 3.05) is 17.8 Å². The number of carbonyl (C=O) groups excluding carboxylic acids is 1. The predicted molar refractivity (Wildman–Crippen MR) is 73.1 cm³/mol. The number of hydrazine groups is 1. The van der Waals surface area contributed by atoms with Crippen LogP contribution in [0.3, 0.4) is 0 Å². The minimum atomic E-state index is -2.55. The molecule has 0 spiro atoms. The molecule has 0 aliphatic heterocycles. The summed E-state index contributed by atoms with van der Waals surface area (Å²) >= 11 is 0. The second kappa shape index (κ2) is 6.13. The summed E-state index contributed by atoms with van der Waals surface area (Å²) in [4.78, 5) is 15.2. The maximum atomic E-state index is 13.1. The van der Waals surface area contributed by atoms with Gasteiger partial charge >= 0.3 is 0 Å². The van der Waals surface area contributed by atoms with Crippen LogP contribution in [0.15, 0.2) is 12.1 Å². The van der Waals surface area contributed by atoms with Crippen molar-refractivity contribution in [2.24, 2.45) is 0 Å². The molecule has 7 heteroatoms. The molecule has 0 radical (unpaired) electrons. The largest absolute Gasteiger partial charge is 0.367 e. The minimum Gasteiger partial charge on any atom is -0.367 e. The van der Waals surface area contributed by atoms with Crippen LogP contribution in [-0.2, 0) is 0 Å². The molecule has 1 aliphatic rings. The van der Waals surface area contributed by atoms with Gasteiger partial charge in [0, 0.05) is 31.5 Å². The molecule has 1 aliphatic carbocycles. The Morgan fingerprint density at radius 2 is 1.95 bits per heavy atom. The third-order valence-corrected chi connectivity index (χ3v) is 3.31. The Balaban J connectivity index is 2.05. The predicted octanol–water partition coefficient (Wildman–Crippen LogP) is 2.43. The smallest absolute Gasteiger partial charge is 0.248 e. The van der Waals surface area contributed by atoms with Crippen LogP contribution in [0, 0.1) is 0 Å². The van der Waals surface area contributed by atoms with Gasteiger partial charge in [0.1, 0.15) is 17.9 Å². The Kier molecular flexibility index (Phi) is 4.49. The molecule has 20 heavy (non-hydrogen) atoms. The standard InChI is InChI=1S/C13H18F2N4O/c1-16-19-12-7-9(8-20)6-11(18-12)17-10-2-4-13(14,15)5-3-10/h6-8,10,16H,2-5H2,1H3,(H2,17,18,19). The topological polar surface area (TPSA) is 66.0 Å². The summed E-state index contributed by atoms with van der Waals surface area (Å²) in [5.41, 5.74) is 5.99. The van der Waals surface area contributed by atoms with Crippen molar-refractivity contribution in [3.05, 3.63) is 17.7 Å². The number of pyridine rings is 1. The Hall–Kier alpha value is -1.76. The molecule has 0 unspecified atom stereocenters. The first-order chi connectivity index (χ1) is 9.52. The van der Waals surface area contributed by atoms with Crippen LogP contribution in [0.2, 0.25) is 0 Å². The molecule has 110 valence electrons. The normalized spacial score (nSPS) is 18.6. The average Bonchev–Trinajstić information content (AvgIpc) is 2.41. The van der Waals surface area contributed by atoms with Gasteiger partial charge in [-0.1, -0.05) is 0 Å². The molecular formula is C13H18F2N4O. The van der Waals surface area contributed by atoms with E-state index in [-0.39, 0.29) is 18.9 Å².